The van der Waals surface area contributed by atoms with Gasteiger partial charge in [0.15, 0.2) is 0 Å². The molecule has 0 unspecified atom stereocenters. The van der Waals surface area contributed by atoms with E-state index in [0.717, 1.165) is 18.8 Å². The number of carbonyl (C=O) groups excluding carboxylic acids is 1. The molecule has 0 radical (unpaired) electrons. The summed E-state index contributed by atoms with van der Waals surface area (Å²) in [6.45, 7) is 2.73. The van der Waals surface area contributed by atoms with Crippen LogP contribution in [0.4, 0.5) is 0 Å². The number of amides is 1. The molecule has 88 valence electrons. The molecule has 2 N–H and O–H groups in total. The SMILES string of the molecule is CCc1nc(C(=O)NCC2CCCC2)n[nH]1. The fourth-order valence-corrected chi connectivity index (χ4v) is 2.09. The number of rotatable bonds is 4. The molecule has 0 aromatic carbocycles. The Labute approximate surface area is 95.0 Å². The largest absolute Gasteiger partial charge is 0.349 e. The maximum atomic E-state index is 11.7. The van der Waals surface area contributed by atoms with Crippen molar-refractivity contribution in [2.24, 2.45) is 5.92 Å². The van der Waals surface area contributed by atoms with Gasteiger partial charge < -0.3 is 5.32 Å². The van der Waals surface area contributed by atoms with E-state index in [0.29, 0.717) is 5.92 Å². The van der Waals surface area contributed by atoms with Crippen molar-refractivity contribution in [2.45, 2.75) is 39.0 Å². The van der Waals surface area contributed by atoms with Crippen molar-refractivity contribution >= 4 is 5.91 Å². The van der Waals surface area contributed by atoms with Gasteiger partial charge in [0.05, 0.1) is 0 Å². The van der Waals surface area contributed by atoms with Crippen LogP contribution in [0, 0.1) is 5.92 Å². The van der Waals surface area contributed by atoms with E-state index in [-0.39, 0.29) is 11.7 Å². The van der Waals surface area contributed by atoms with E-state index >= 15 is 0 Å². The average Bonchev–Trinajstić information content (AvgIpc) is 2.96. The molecule has 0 saturated heterocycles. The number of nitrogens with zero attached hydrogens (tertiary/aromatic N) is 2. The van der Waals surface area contributed by atoms with Crippen molar-refractivity contribution in [1.29, 1.82) is 0 Å². The summed E-state index contributed by atoms with van der Waals surface area (Å²) in [6, 6.07) is 0. The van der Waals surface area contributed by atoms with Crippen LogP contribution in [-0.2, 0) is 6.42 Å². The van der Waals surface area contributed by atoms with Gasteiger partial charge in [-0.1, -0.05) is 19.8 Å². The number of aromatic amines is 1. The third kappa shape index (κ3) is 2.59. The Morgan fingerprint density at radius 1 is 1.50 bits per heavy atom. The van der Waals surface area contributed by atoms with E-state index in [4.69, 9.17) is 0 Å². The summed E-state index contributed by atoms with van der Waals surface area (Å²) in [6.07, 6.45) is 5.81. The van der Waals surface area contributed by atoms with Gasteiger partial charge in [-0.05, 0) is 18.8 Å². The quantitative estimate of drug-likeness (QED) is 0.806. The van der Waals surface area contributed by atoms with E-state index in [2.05, 4.69) is 20.5 Å². The van der Waals surface area contributed by atoms with Gasteiger partial charge in [-0.15, -0.1) is 5.10 Å². The molecule has 0 bridgehead atoms. The Bertz CT molecular complexity index is 355. The molecule has 1 aromatic rings. The zero-order chi connectivity index (χ0) is 11.4. The Balaban J connectivity index is 1.82. The summed E-state index contributed by atoms with van der Waals surface area (Å²) in [5, 5.41) is 9.52. The number of hydrogen-bond donors (Lipinski definition) is 2. The highest BCUT2D eigenvalue weighted by molar-refractivity contribution is 5.90. The molecular formula is C11H18N4O. The van der Waals surface area contributed by atoms with Crippen molar-refractivity contribution in [3.05, 3.63) is 11.6 Å². The summed E-state index contributed by atoms with van der Waals surface area (Å²) in [5.41, 5.74) is 0. The monoisotopic (exact) mass is 222 g/mol. The second-order valence-corrected chi connectivity index (χ2v) is 4.32. The lowest BCUT2D eigenvalue weighted by Crippen LogP contribution is -2.29. The standard InChI is InChI=1S/C11H18N4O/c1-2-9-13-10(15-14-9)11(16)12-7-8-5-3-4-6-8/h8H,2-7H2,1H3,(H,12,16)(H,13,14,15). The maximum absolute atomic E-state index is 11.7. The molecule has 2 rings (SSSR count). The minimum absolute atomic E-state index is 0.164. The Kier molecular flexibility index (Phi) is 3.54. The Hall–Kier alpha value is -1.39. The maximum Gasteiger partial charge on any atom is 0.290 e. The average molecular weight is 222 g/mol. The van der Waals surface area contributed by atoms with E-state index in [1.807, 2.05) is 6.92 Å². The lowest BCUT2D eigenvalue weighted by molar-refractivity contribution is 0.0937. The van der Waals surface area contributed by atoms with E-state index in [1.165, 1.54) is 25.7 Å². The number of aryl methyl sites for hydroxylation is 1. The van der Waals surface area contributed by atoms with Crippen molar-refractivity contribution in [1.82, 2.24) is 20.5 Å². The van der Waals surface area contributed by atoms with Gasteiger partial charge in [-0.25, -0.2) is 4.98 Å². The smallest absolute Gasteiger partial charge is 0.290 e. The van der Waals surface area contributed by atoms with Crippen LogP contribution >= 0.6 is 0 Å². The summed E-state index contributed by atoms with van der Waals surface area (Å²) in [7, 11) is 0. The predicted molar refractivity (Wildman–Crippen MR) is 60.1 cm³/mol. The van der Waals surface area contributed by atoms with Gasteiger partial charge in [0, 0.05) is 13.0 Å². The minimum atomic E-state index is -0.164. The van der Waals surface area contributed by atoms with Gasteiger partial charge in [-0.2, -0.15) is 0 Å². The van der Waals surface area contributed by atoms with E-state index in [9.17, 15) is 4.79 Å². The van der Waals surface area contributed by atoms with Gasteiger partial charge in [0.25, 0.3) is 5.91 Å². The van der Waals surface area contributed by atoms with Crippen LogP contribution in [0.2, 0.25) is 0 Å². The third-order valence-electron chi connectivity index (χ3n) is 3.10. The van der Waals surface area contributed by atoms with Crippen LogP contribution in [0.1, 0.15) is 49.1 Å². The summed E-state index contributed by atoms with van der Waals surface area (Å²) in [5.74, 6) is 1.50. The molecule has 16 heavy (non-hydrogen) atoms. The summed E-state index contributed by atoms with van der Waals surface area (Å²) >= 11 is 0. The van der Waals surface area contributed by atoms with Crippen LogP contribution in [0.25, 0.3) is 0 Å². The van der Waals surface area contributed by atoms with Crippen molar-refractivity contribution in [2.75, 3.05) is 6.54 Å². The van der Waals surface area contributed by atoms with Crippen LogP contribution < -0.4 is 5.32 Å². The molecule has 0 atom stereocenters. The van der Waals surface area contributed by atoms with E-state index in [1.54, 1.807) is 0 Å². The molecule has 1 aromatic heterocycles. The molecule has 5 nitrogen and oxygen atoms in total. The number of hydrogen-bond acceptors (Lipinski definition) is 3. The first-order valence-corrected chi connectivity index (χ1v) is 5.99. The second kappa shape index (κ2) is 5.09. The number of aromatic nitrogens is 3. The first kappa shape index (κ1) is 11.1. The molecule has 0 aliphatic heterocycles. The van der Waals surface area contributed by atoms with E-state index < -0.39 is 0 Å². The third-order valence-corrected chi connectivity index (χ3v) is 3.10. The zero-order valence-corrected chi connectivity index (χ0v) is 9.62. The second-order valence-electron chi connectivity index (χ2n) is 4.32. The number of H-pyrrole nitrogens is 1. The predicted octanol–water partition coefficient (Wildman–Crippen LogP) is 1.29. The number of nitrogens with one attached hydrogen (secondary N) is 2. The number of carbonyl (C=O) groups is 1. The van der Waals surface area contributed by atoms with Crippen LogP contribution in [-0.4, -0.2) is 27.6 Å². The van der Waals surface area contributed by atoms with Crippen LogP contribution in [0.3, 0.4) is 0 Å². The highest BCUT2D eigenvalue weighted by atomic mass is 16.2. The van der Waals surface area contributed by atoms with Gasteiger partial charge in [0.2, 0.25) is 5.82 Å². The van der Waals surface area contributed by atoms with Gasteiger partial charge >= 0.3 is 0 Å². The fourth-order valence-electron chi connectivity index (χ4n) is 2.09. The summed E-state index contributed by atoms with van der Waals surface area (Å²) < 4.78 is 0. The minimum Gasteiger partial charge on any atom is -0.349 e. The molecule has 1 aliphatic carbocycles. The Morgan fingerprint density at radius 3 is 2.88 bits per heavy atom. The van der Waals surface area contributed by atoms with Crippen LogP contribution in [0.5, 0.6) is 0 Å². The fraction of sp³-hybridized carbons (Fsp3) is 0.727. The van der Waals surface area contributed by atoms with Gasteiger partial charge in [-0.3, -0.25) is 9.89 Å². The van der Waals surface area contributed by atoms with Gasteiger partial charge in [0.1, 0.15) is 5.82 Å². The van der Waals surface area contributed by atoms with Crippen molar-refractivity contribution in [3.63, 3.8) is 0 Å². The molecular weight excluding hydrogens is 204 g/mol. The molecule has 1 amide bonds. The molecule has 5 heteroatoms. The first-order chi connectivity index (χ1) is 7.79. The highest BCUT2D eigenvalue weighted by Gasteiger charge is 2.17. The molecule has 1 fully saturated rings. The van der Waals surface area contributed by atoms with Crippen LogP contribution in [0.15, 0.2) is 0 Å². The first-order valence-electron chi connectivity index (χ1n) is 5.99. The Morgan fingerprint density at radius 2 is 2.25 bits per heavy atom. The van der Waals surface area contributed by atoms with Crippen molar-refractivity contribution in [3.8, 4) is 0 Å². The zero-order valence-electron chi connectivity index (χ0n) is 9.62. The molecule has 1 aliphatic rings. The van der Waals surface area contributed by atoms with Crippen molar-refractivity contribution < 1.29 is 4.79 Å². The molecule has 1 heterocycles. The lowest BCUT2D eigenvalue weighted by Gasteiger charge is -2.08. The summed E-state index contributed by atoms with van der Waals surface area (Å²) in [4.78, 5) is 15.8. The molecule has 0 spiro atoms. The lowest BCUT2D eigenvalue weighted by atomic mass is 10.1. The normalized spacial score (nSPS) is 16.6. The molecule has 1 saturated carbocycles. The topological polar surface area (TPSA) is 70.7 Å². The highest BCUT2D eigenvalue weighted by Crippen LogP contribution is 2.23.